The molecule has 0 aromatic carbocycles. The molecule has 3 nitrogen and oxygen atoms in total. The first-order chi connectivity index (χ1) is 9.83. The molecule has 2 unspecified atom stereocenters. The van der Waals surface area contributed by atoms with Gasteiger partial charge in [-0.05, 0) is 54.9 Å². The van der Waals surface area contributed by atoms with Crippen LogP contribution in [0.1, 0.15) is 40.8 Å². The lowest BCUT2D eigenvalue weighted by molar-refractivity contribution is 0.403. The zero-order valence-corrected chi connectivity index (χ0v) is 12.7. The van der Waals surface area contributed by atoms with Crippen LogP contribution in [0.3, 0.4) is 0 Å². The molecule has 4 heteroatoms. The van der Waals surface area contributed by atoms with Crippen LogP contribution >= 0.6 is 11.3 Å². The zero-order valence-electron chi connectivity index (χ0n) is 11.9. The minimum absolute atomic E-state index is 0.297. The third kappa shape index (κ3) is 2.45. The largest absolute Gasteiger partial charge is 0.495 e. The van der Waals surface area contributed by atoms with Gasteiger partial charge in [0, 0.05) is 23.0 Å². The van der Waals surface area contributed by atoms with Crippen LogP contribution in [0.5, 0.6) is 5.75 Å². The number of rotatable bonds is 4. The van der Waals surface area contributed by atoms with E-state index < -0.39 is 0 Å². The maximum absolute atomic E-state index is 5.30. The van der Waals surface area contributed by atoms with Gasteiger partial charge in [-0.15, -0.1) is 11.3 Å². The van der Waals surface area contributed by atoms with Crippen LogP contribution < -0.4 is 10.1 Å². The first-order valence-electron chi connectivity index (χ1n) is 7.06. The molecule has 0 saturated heterocycles. The Morgan fingerprint density at radius 1 is 1.45 bits per heavy atom. The summed E-state index contributed by atoms with van der Waals surface area (Å²) >= 11 is 1.89. The van der Waals surface area contributed by atoms with Crippen LogP contribution in [0.25, 0.3) is 0 Å². The average Bonchev–Trinajstić information content (AvgIpc) is 2.97. The van der Waals surface area contributed by atoms with Crippen LogP contribution in [0.15, 0.2) is 29.9 Å². The lowest BCUT2D eigenvalue weighted by atomic mass is 9.80. The minimum Gasteiger partial charge on any atom is -0.495 e. The van der Waals surface area contributed by atoms with E-state index in [4.69, 9.17) is 4.74 Å². The summed E-state index contributed by atoms with van der Waals surface area (Å²) in [6.45, 7) is 0. The number of ether oxygens (including phenoxy) is 1. The molecule has 0 bridgehead atoms. The van der Waals surface area contributed by atoms with Crippen molar-refractivity contribution in [2.75, 3.05) is 14.2 Å². The molecule has 0 fully saturated rings. The lowest BCUT2D eigenvalue weighted by Gasteiger charge is -2.30. The quantitative estimate of drug-likeness (QED) is 0.934. The minimum atomic E-state index is 0.297. The number of hydrogen-bond acceptors (Lipinski definition) is 4. The maximum Gasteiger partial charge on any atom is 0.137 e. The van der Waals surface area contributed by atoms with Gasteiger partial charge in [-0.25, -0.2) is 0 Å². The predicted octanol–water partition coefficient (Wildman–Crippen LogP) is 3.53. The van der Waals surface area contributed by atoms with Gasteiger partial charge in [-0.2, -0.15) is 0 Å². The number of fused-ring (bicyclic) bond motifs is 1. The van der Waals surface area contributed by atoms with Crippen LogP contribution in [0.2, 0.25) is 0 Å². The third-order valence-corrected chi connectivity index (χ3v) is 5.14. The van der Waals surface area contributed by atoms with Gasteiger partial charge in [0.2, 0.25) is 0 Å². The molecule has 0 amide bonds. The van der Waals surface area contributed by atoms with Gasteiger partial charge in [-0.3, -0.25) is 4.98 Å². The summed E-state index contributed by atoms with van der Waals surface area (Å²) in [6.07, 6.45) is 7.44. The highest BCUT2D eigenvalue weighted by Crippen LogP contribution is 2.42. The molecule has 1 N–H and O–H groups in total. The van der Waals surface area contributed by atoms with E-state index in [1.54, 1.807) is 18.2 Å². The fraction of sp³-hybridized carbons (Fsp3) is 0.438. The number of thiophene rings is 1. The lowest BCUT2D eigenvalue weighted by Crippen LogP contribution is -2.26. The van der Waals surface area contributed by atoms with Crippen molar-refractivity contribution in [2.45, 2.75) is 31.2 Å². The summed E-state index contributed by atoms with van der Waals surface area (Å²) < 4.78 is 5.30. The standard InChI is InChI=1S/C16H20N2OS/c1-17-16(11-8-12(19-2)10-18-9-11)14-4-3-5-15-13(14)6-7-20-15/h6-10,14,16-17H,3-5H2,1-2H3. The second-order valence-corrected chi connectivity index (χ2v) is 6.22. The monoisotopic (exact) mass is 288 g/mol. The topological polar surface area (TPSA) is 34.2 Å². The van der Waals surface area contributed by atoms with Crippen molar-refractivity contribution in [1.29, 1.82) is 0 Å². The summed E-state index contributed by atoms with van der Waals surface area (Å²) in [5, 5.41) is 5.70. The van der Waals surface area contributed by atoms with E-state index in [0.29, 0.717) is 12.0 Å². The van der Waals surface area contributed by atoms with Gasteiger partial charge in [0.15, 0.2) is 0 Å². The Balaban J connectivity index is 1.95. The van der Waals surface area contributed by atoms with Gasteiger partial charge in [0.05, 0.1) is 13.3 Å². The Morgan fingerprint density at radius 2 is 2.35 bits per heavy atom. The molecule has 2 aromatic rings. The molecule has 0 aliphatic heterocycles. The molecular formula is C16H20N2OS. The fourth-order valence-corrected chi connectivity index (χ4v) is 4.18. The Morgan fingerprint density at radius 3 is 3.15 bits per heavy atom. The highest BCUT2D eigenvalue weighted by molar-refractivity contribution is 7.10. The number of nitrogens with one attached hydrogen (secondary N) is 1. The zero-order chi connectivity index (χ0) is 13.9. The summed E-state index contributed by atoms with van der Waals surface area (Å²) in [5.74, 6) is 1.35. The van der Waals surface area contributed by atoms with Crippen molar-refractivity contribution in [3.8, 4) is 5.75 Å². The van der Waals surface area contributed by atoms with E-state index in [-0.39, 0.29) is 0 Å². The first-order valence-corrected chi connectivity index (χ1v) is 7.94. The molecule has 106 valence electrons. The number of nitrogens with zero attached hydrogens (tertiary/aromatic N) is 1. The van der Waals surface area contributed by atoms with Gasteiger partial charge < -0.3 is 10.1 Å². The number of pyridine rings is 1. The van der Waals surface area contributed by atoms with Crippen LogP contribution in [0.4, 0.5) is 0 Å². The van der Waals surface area contributed by atoms with Crippen molar-refractivity contribution in [3.05, 3.63) is 45.9 Å². The summed E-state index contributed by atoms with van der Waals surface area (Å²) in [4.78, 5) is 5.85. The molecule has 2 atom stereocenters. The molecule has 1 aliphatic carbocycles. The van der Waals surface area contributed by atoms with E-state index in [1.807, 2.05) is 24.6 Å². The smallest absolute Gasteiger partial charge is 0.137 e. The molecule has 2 aromatic heterocycles. The van der Waals surface area contributed by atoms with Crippen LogP contribution in [-0.2, 0) is 6.42 Å². The molecular weight excluding hydrogens is 268 g/mol. The summed E-state index contributed by atoms with van der Waals surface area (Å²) in [6, 6.07) is 4.68. The van der Waals surface area contributed by atoms with E-state index in [1.165, 1.54) is 30.4 Å². The predicted molar refractivity (Wildman–Crippen MR) is 82.6 cm³/mol. The number of aromatic nitrogens is 1. The Hall–Kier alpha value is -1.39. The van der Waals surface area contributed by atoms with Gasteiger partial charge in [0.1, 0.15) is 5.75 Å². The SMILES string of the molecule is CNC(c1cncc(OC)c1)C1CCCc2sccc21. The molecule has 0 saturated carbocycles. The molecule has 0 radical (unpaired) electrons. The van der Waals surface area contributed by atoms with Crippen LogP contribution in [0, 0.1) is 0 Å². The van der Waals surface area contributed by atoms with Crippen molar-refractivity contribution < 1.29 is 4.74 Å². The average molecular weight is 288 g/mol. The van der Waals surface area contributed by atoms with E-state index in [9.17, 15) is 0 Å². The molecule has 1 aliphatic rings. The normalized spacial score (nSPS) is 19.4. The fourth-order valence-electron chi connectivity index (χ4n) is 3.19. The van der Waals surface area contributed by atoms with Gasteiger partial charge >= 0.3 is 0 Å². The second-order valence-electron chi connectivity index (χ2n) is 5.22. The summed E-state index contributed by atoms with van der Waals surface area (Å²) in [5.41, 5.74) is 2.72. The third-order valence-electron chi connectivity index (χ3n) is 4.14. The van der Waals surface area contributed by atoms with E-state index in [2.05, 4.69) is 27.8 Å². The highest BCUT2D eigenvalue weighted by Gasteiger charge is 2.29. The van der Waals surface area contributed by atoms with Crippen molar-refractivity contribution in [3.63, 3.8) is 0 Å². The van der Waals surface area contributed by atoms with Crippen molar-refractivity contribution >= 4 is 11.3 Å². The number of methoxy groups -OCH3 is 1. The molecule has 3 rings (SSSR count). The maximum atomic E-state index is 5.30. The Bertz CT molecular complexity index is 581. The van der Waals surface area contributed by atoms with E-state index in [0.717, 1.165) is 5.75 Å². The molecule has 20 heavy (non-hydrogen) atoms. The van der Waals surface area contributed by atoms with E-state index >= 15 is 0 Å². The molecule has 2 heterocycles. The summed E-state index contributed by atoms with van der Waals surface area (Å²) in [7, 11) is 3.72. The second kappa shape index (κ2) is 5.94. The number of aryl methyl sites for hydroxylation is 1. The number of likely N-dealkylation sites (N-methyl/N-ethyl adjacent to an activating group) is 1. The molecule has 0 spiro atoms. The van der Waals surface area contributed by atoms with Crippen LogP contribution in [-0.4, -0.2) is 19.1 Å². The van der Waals surface area contributed by atoms with Crippen molar-refractivity contribution in [2.24, 2.45) is 0 Å². The highest BCUT2D eigenvalue weighted by atomic mass is 32.1. The van der Waals surface area contributed by atoms with Crippen molar-refractivity contribution in [1.82, 2.24) is 10.3 Å². The first kappa shape index (κ1) is 13.6. The number of hydrogen-bond donors (Lipinski definition) is 1. The Kier molecular flexibility index (Phi) is 4.03. The Labute approximate surface area is 124 Å². The van der Waals surface area contributed by atoms with Gasteiger partial charge in [-0.1, -0.05) is 0 Å². The van der Waals surface area contributed by atoms with Gasteiger partial charge in [0.25, 0.3) is 0 Å².